The fraction of sp³-hybridized carbons (Fsp3) is 0.571. The minimum absolute atomic E-state index is 0.0326. The summed E-state index contributed by atoms with van der Waals surface area (Å²) < 4.78 is 24.4. The first-order chi connectivity index (χ1) is 8.54. The van der Waals surface area contributed by atoms with Gasteiger partial charge < -0.3 is 14.8 Å². The van der Waals surface area contributed by atoms with E-state index in [1.807, 2.05) is 6.92 Å². The third kappa shape index (κ3) is 3.13. The van der Waals surface area contributed by atoms with Crippen molar-refractivity contribution >= 4 is 0 Å². The van der Waals surface area contributed by atoms with Crippen molar-refractivity contribution < 1.29 is 13.9 Å². The van der Waals surface area contributed by atoms with Crippen LogP contribution in [-0.2, 0) is 0 Å². The average Bonchev–Trinajstić information content (AvgIpc) is 2.35. The zero-order valence-electron chi connectivity index (χ0n) is 11.7. The second-order valence-corrected chi connectivity index (χ2v) is 4.51. The quantitative estimate of drug-likeness (QED) is 0.847. The number of ether oxygens (including phenoxy) is 2. The van der Waals surface area contributed by atoms with Gasteiger partial charge in [-0.05, 0) is 18.5 Å². The molecule has 4 heteroatoms. The lowest BCUT2D eigenvalue weighted by atomic mass is 9.95. The molecule has 0 aromatic heterocycles. The molecule has 0 radical (unpaired) electrons. The maximum absolute atomic E-state index is 14.1. The van der Waals surface area contributed by atoms with Crippen LogP contribution in [0.15, 0.2) is 12.1 Å². The molecule has 0 aliphatic carbocycles. The van der Waals surface area contributed by atoms with Gasteiger partial charge in [-0.25, -0.2) is 4.39 Å². The van der Waals surface area contributed by atoms with Gasteiger partial charge in [-0.3, -0.25) is 0 Å². The summed E-state index contributed by atoms with van der Waals surface area (Å²) >= 11 is 0. The second-order valence-electron chi connectivity index (χ2n) is 4.51. The topological polar surface area (TPSA) is 30.5 Å². The third-order valence-electron chi connectivity index (χ3n) is 2.93. The van der Waals surface area contributed by atoms with E-state index in [1.165, 1.54) is 13.2 Å². The zero-order valence-corrected chi connectivity index (χ0v) is 11.7. The number of hydrogen-bond donors (Lipinski definition) is 1. The molecule has 102 valence electrons. The van der Waals surface area contributed by atoms with Crippen LogP contribution >= 0.6 is 0 Å². The number of rotatable bonds is 6. The van der Waals surface area contributed by atoms with E-state index < -0.39 is 0 Å². The molecule has 1 rings (SSSR count). The lowest BCUT2D eigenvalue weighted by Gasteiger charge is -2.23. The van der Waals surface area contributed by atoms with Crippen LogP contribution in [0.5, 0.6) is 11.5 Å². The molecule has 0 amide bonds. The molecule has 0 saturated carbocycles. The van der Waals surface area contributed by atoms with Crippen molar-refractivity contribution in [3.8, 4) is 11.5 Å². The molecule has 0 aliphatic heterocycles. The van der Waals surface area contributed by atoms with Gasteiger partial charge in [-0.15, -0.1) is 0 Å². The maximum atomic E-state index is 14.1. The summed E-state index contributed by atoms with van der Waals surface area (Å²) in [6.45, 7) is 6.91. The van der Waals surface area contributed by atoms with Crippen LogP contribution in [0, 0.1) is 11.7 Å². The largest absolute Gasteiger partial charge is 0.493 e. The monoisotopic (exact) mass is 255 g/mol. The summed E-state index contributed by atoms with van der Waals surface area (Å²) in [7, 11) is 3.05. The van der Waals surface area contributed by atoms with Crippen LogP contribution in [0.25, 0.3) is 0 Å². The van der Waals surface area contributed by atoms with Crippen LogP contribution in [0.1, 0.15) is 32.4 Å². The Kier molecular flexibility index (Phi) is 5.41. The van der Waals surface area contributed by atoms with Gasteiger partial charge in [0.1, 0.15) is 5.82 Å². The van der Waals surface area contributed by atoms with Crippen molar-refractivity contribution in [2.75, 3.05) is 20.8 Å². The predicted molar refractivity (Wildman–Crippen MR) is 70.8 cm³/mol. The van der Waals surface area contributed by atoms with E-state index in [9.17, 15) is 4.39 Å². The summed E-state index contributed by atoms with van der Waals surface area (Å²) in [6, 6.07) is 3.05. The Morgan fingerprint density at radius 2 is 1.72 bits per heavy atom. The number of methoxy groups -OCH3 is 2. The molecule has 1 aromatic rings. The number of benzene rings is 1. The Labute approximate surface area is 108 Å². The van der Waals surface area contributed by atoms with Crippen molar-refractivity contribution in [3.63, 3.8) is 0 Å². The highest BCUT2D eigenvalue weighted by molar-refractivity contribution is 5.44. The first-order valence-electron chi connectivity index (χ1n) is 6.19. The summed E-state index contributed by atoms with van der Waals surface area (Å²) in [4.78, 5) is 0. The Bertz CT molecular complexity index is 394. The van der Waals surface area contributed by atoms with Gasteiger partial charge in [0.15, 0.2) is 11.5 Å². The van der Waals surface area contributed by atoms with Gasteiger partial charge in [0, 0.05) is 17.7 Å². The highest BCUT2D eigenvalue weighted by atomic mass is 19.1. The third-order valence-corrected chi connectivity index (χ3v) is 2.93. The van der Waals surface area contributed by atoms with E-state index in [4.69, 9.17) is 9.47 Å². The smallest absolute Gasteiger partial charge is 0.163 e. The molecule has 1 atom stereocenters. The maximum Gasteiger partial charge on any atom is 0.163 e. The summed E-state index contributed by atoms with van der Waals surface area (Å²) in [5.41, 5.74) is 0.615. The van der Waals surface area contributed by atoms with E-state index in [-0.39, 0.29) is 17.8 Å². The van der Waals surface area contributed by atoms with Crippen LogP contribution in [0.2, 0.25) is 0 Å². The Morgan fingerprint density at radius 1 is 1.17 bits per heavy atom. The Balaban J connectivity index is 3.21. The van der Waals surface area contributed by atoms with Gasteiger partial charge in [-0.2, -0.15) is 0 Å². The van der Waals surface area contributed by atoms with E-state index in [0.717, 1.165) is 6.54 Å². The molecule has 1 N–H and O–H groups in total. The predicted octanol–water partition coefficient (Wildman–Crippen LogP) is 3.15. The highest BCUT2D eigenvalue weighted by Crippen LogP contribution is 2.34. The lowest BCUT2D eigenvalue weighted by molar-refractivity contribution is 0.346. The van der Waals surface area contributed by atoms with Gasteiger partial charge in [-0.1, -0.05) is 20.8 Å². The molecule has 1 unspecified atom stereocenters. The van der Waals surface area contributed by atoms with Crippen molar-refractivity contribution in [1.29, 1.82) is 0 Å². The summed E-state index contributed by atoms with van der Waals surface area (Å²) in [5, 5.41) is 3.29. The zero-order chi connectivity index (χ0) is 13.7. The molecule has 18 heavy (non-hydrogen) atoms. The molecule has 0 heterocycles. The Hall–Kier alpha value is -1.29. The standard InChI is InChI=1S/C14H22FNO2/c1-6-16-14(9(2)3)10-7-12(17-4)13(18-5)8-11(10)15/h7-9,14,16H,6H2,1-5H3. The molecule has 0 bridgehead atoms. The van der Waals surface area contributed by atoms with Gasteiger partial charge >= 0.3 is 0 Å². The SMILES string of the molecule is CCNC(c1cc(OC)c(OC)cc1F)C(C)C. The minimum atomic E-state index is -0.271. The fourth-order valence-corrected chi connectivity index (χ4v) is 2.03. The Morgan fingerprint density at radius 3 is 2.17 bits per heavy atom. The second kappa shape index (κ2) is 6.59. The van der Waals surface area contributed by atoms with E-state index >= 15 is 0 Å². The molecule has 0 saturated heterocycles. The van der Waals surface area contributed by atoms with Crippen LogP contribution in [0.4, 0.5) is 4.39 Å². The van der Waals surface area contributed by atoms with Crippen molar-refractivity contribution in [2.45, 2.75) is 26.8 Å². The lowest BCUT2D eigenvalue weighted by Crippen LogP contribution is -2.26. The van der Waals surface area contributed by atoms with Crippen molar-refractivity contribution in [3.05, 3.63) is 23.5 Å². The van der Waals surface area contributed by atoms with E-state index in [2.05, 4.69) is 19.2 Å². The van der Waals surface area contributed by atoms with Crippen molar-refractivity contribution in [1.82, 2.24) is 5.32 Å². The first kappa shape index (κ1) is 14.8. The van der Waals surface area contributed by atoms with Crippen molar-refractivity contribution in [2.24, 2.45) is 5.92 Å². The fourth-order valence-electron chi connectivity index (χ4n) is 2.03. The van der Waals surface area contributed by atoms with Crippen LogP contribution < -0.4 is 14.8 Å². The van der Waals surface area contributed by atoms with Gasteiger partial charge in [0.2, 0.25) is 0 Å². The normalized spacial score (nSPS) is 12.6. The molecule has 0 aliphatic rings. The average molecular weight is 255 g/mol. The van der Waals surface area contributed by atoms with E-state index in [1.54, 1.807) is 13.2 Å². The molecule has 1 aromatic carbocycles. The van der Waals surface area contributed by atoms with Crippen LogP contribution in [0.3, 0.4) is 0 Å². The molecule has 0 spiro atoms. The molecule has 0 fully saturated rings. The van der Waals surface area contributed by atoms with E-state index in [0.29, 0.717) is 17.1 Å². The highest BCUT2D eigenvalue weighted by Gasteiger charge is 2.21. The number of nitrogens with one attached hydrogen (secondary N) is 1. The molecular weight excluding hydrogens is 233 g/mol. The first-order valence-corrected chi connectivity index (χ1v) is 6.19. The van der Waals surface area contributed by atoms with Crippen LogP contribution in [-0.4, -0.2) is 20.8 Å². The molecule has 3 nitrogen and oxygen atoms in total. The van der Waals surface area contributed by atoms with Gasteiger partial charge in [0.05, 0.1) is 14.2 Å². The summed E-state index contributed by atoms with van der Waals surface area (Å²) in [6.07, 6.45) is 0. The van der Waals surface area contributed by atoms with Gasteiger partial charge in [0.25, 0.3) is 0 Å². The number of hydrogen-bond acceptors (Lipinski definition) is 3. The summed E-state index contributed by atoms with van der Waals surface area (Å²) in [5.74, 6) is 0.986. The minimum Gasteiger partial charge on any atom is -0.493 e. The number of halogens is 1. The molecular formula is C14H22FNO2.